The van der Waals surface area contributed by atoms with E-state index in [-0.39, 0.29) is 12.5 Å². The number of unbranched alkanes of at least 4 members (excludes halogenated alkanes) is 4. The minimum absolute atomic E-state index is 0.0592. The Balaban J connectivity index is 1.71. The molecule has 0 atom stereocenters. The number of hydrogen-bond donors (Lipinski definition) is 2. The zero-order valence-corrected chi connectivity index (χ0v) is 16.8. The van der Waals surface area contributed by atoms with E-state index in [1.807, 2.05) is 56.3 Å². The highest BCUT2D eigenvalue weighted by molar-refractivity contribution is 5.94. The molecule has 146 valence electrons. The van der Waals surface area contributed by atoms with Gasteiger partial charge in [0.1, 0.15) is 5.75 Å². The lowest BCUT2D eigenvalue weighted by Crippen LogP contribution is -2.22. The second kappa shape index (κ2) is 11.3. The molecule has 1 amide bonds. The summed E-state index contributed by atoms with van der Waals surface area (Å²) in [5.74, 6) is 0.812. The monoisotopic (exact) mass is 368 g/mol. The molecule has 27 heavy (non-hydrogen) atoms. The van der Waals surface area contributed by atoms with Gasteiger partial charge in [0.05, 0.1) is 13.2 Å². The van der Waals surface area contributed by atoms with Crippen LogP contribution < -0.4 is 15.4 Å². The third kappa shape index (κ3) is 7.33. The molecule has 2 rings (SSSR count). The summed E-state index contributed by atoms with van der Waals surface area (Å²) in [6.45, 7) is 7.26. The van der Waals surface area contributed by atoms with Gasteiger partial charge in [0, 0.05) is 11.4 Å². The molecule has 4 heteroatoms. The number of nitrogens with one attached hydrogen (secondary N) is 2. The van der Waals surface area contributed by atoms with E-state index in [2.05, 4.69) is 17.6 Å². The topological polar surface area (TPSA) is 50.4 Å². The van der Waals surface area contributed by atoms with Crippen LogP contribution in [0.5, 0.6) is 5.75 Å². The lowest BCUT2D eigenvalue weighted by atomic mass is 10.1. The van der Waals surface area contributed by atoms with Gasteiger partial charge in [-0.2, -0.15) is 0 Å². The molecule has 0 aliphatic rings. The van der Waals surface area contributed by atoms with Crippen molar-refractivity contribution in [2.24, 2.45) is 0 Å². The van der Waals surface area contributed by atoms with E-state index in [4.69, 9.17) is 4.74 Å². The fraction of sp³-hybridized carbons (Fsp3) is 0.435. The smallest absolute Gasteiger partial charge is 0.243 e. The Hall–Kier alpha value is -2.49. The van der Waals surface area contributed by atoms with Gasteiger partial charge in [-0.3, -0.25) is 4.79 Å². The van der Waals surface area contributed by atoms with Crippen LogP contribution >= 0.6 is 0 Å². The van der Waals surface area contributed by atoms with Gasteiger partial charge in [0.15, 0.2) is 0 Å². The van der Waals surface area contributed by atoms with Crippen molar-refractivity contribution in [3.05, 3.63) is 53.6 Å². The number of hydrogen-bond acceptors (Lipinski definition) is 3. The standard InChI is InChI=1S/C23H32N2O2/c1-4-5-6-7-8-16-27-21-14-12-20(13-15-21)24-17-23(26)25-22-11-9-10-18(2)19(22)3/h9-15,24H,4-8,16-17H2,1-3H3,(H,25,26). The Morgan fingerprint density at radius 3 is 2.44 bits per heavy atom. The molecule has 0 saturated carbocycles. The summed E-state index contributed by atoms with van der Waals surface area (Å²) < 4.78 is 5.76. The number of carbonyl (C=O) groups excluding carboxylic acids is 1. The van der Waals surface area contributed by atoms with Gasteiger partial charge in [-0.25, -0.2) is 0 Å². The Morgan fingerprint density at radius 2 is 1.70 bits per heavy atom. The van der Waals surface area contributed by atoms with E-state index in [0.29, 0.717) is 0 Å². The van der Waals surface area contributed by atoms with E-state index < -0.39 is 0 Å². The summed E-state index contributed by atoms with van der Waals surface area (Å²) in [5.41, 5.74) is 4.04. The van der Waals surface area contributed by atoms with Crippen molar-refractivity contribution in [2.45, 2.75) is 52.9 Å². The Labute approximate surface area is 163 Å². The first-order valence-corrected chi connectivity index (χ1v) is 9.93. The van der Waals surface area contributed by atoms with Crippen molar-refractivity contribution >= 4 is 17.3 Å². The van der Waals surface area contributed by atoms with Crippen molar-refractivity contribution < 1.29 is 9.53 Å². The van der Waals surface area contributed by atoms with Crippen LogP contribution in [0, 0.1) is 13.8 Å². The van der Waals surface area contributed by atoms with Crippen LogP contribution in [0.2, 0.25) is 0 Å². The SMILES string of the molecule is CCCCCCCOc1ccc(NCC(=O)Nc2cccc(C)c2C)cc1. The number of ether oxygens (including phenoxy) is 1. The summed E-state index contributed by atoms with van der Waals surface area (Å²) >= 11 is 0. The van der Waals surface area contributed by atoms with E-state index in [1.165, 1.54) is 31.2 Å². The van der Waals surface area contributed by atoms with Gasteiger partial charge in [0.2, 0.25) is 5.91 Å². The minimum Gasteiger partial charge on any atom is -0.494 e. The van der Waals surface area contributed by atoms with Gasteiger partial charge in [-0.1, -0.05) is 44.7 Å². The van der Waals surface area contributed by atoms with Crippen molar-refractivity contribution in [3.63, 3.8) is 0 Å². The predicted octanol–water partition coefficient (Wildman–Crippen LogP) is 5.70. The molecular formula is C23H32N2O2. The van der Waals surface area contributed by atoms with Crippen LogP contribution in [0.3, 0.4) is 0 Å². The number of rotatable bonds is 11. The van der Waals surface area contributed by atoms with E-state index >= 15 is 0 Å². The fourth-order valence-electron chi connectivity index (χ4n) is 2.83. The van der Waals surface area contributed by atoms with Gasteiger partial charge in [0.25, 0.3) is 0 Å². The number of anilines is 2. The number of benzene rings is 2. The van der Waals surface area contributed by atoms with Crippen LogP contribution in [-0.2, 0) is 4.79 Å². The molecule has 0 fully saturated rings. The quantitative estimate of drug-likeness (QED) is 0.500. The predicted molar refractivity (Wildman–Crippen MR) is 114 cm³/mol. The highest BCUT2D eigenvalue weighted by Gasteiger charge is 2.06. The number of aryl methyl sites for hydroxylation is 1. The lowest BCUT2D eigenvalue weighted by Gasteiger charge is -2.12. The van der Waals surface area contributed by atoms with Gasteiger partial charge in [-0.15, -0.1) is 0 Å². The molecule has 0 unspecified atom stereocenters. The molecule has 4 nitrogen and oxygen atoms in total. The molecule has 0 spiro atoms. The molecule has 0 aliphatic carbocycles. The van der Waals surface area contributed by atoms with Gasteiger partial charge < -0.3 is 15.4 Å². The van der Waals surface area contributed by atoms with E-state index in [1.54, 1.807) is 0 Å². The summed E-state index contributed by atoms with van der Waals surface area (Å²) in [6, 6.07) is 13.7. The van der Waals surface area contributed by atoms with Crippen molar-refractivity contribution in [1.82, 2.24) is 0 Å². The maximum Gasteiger partial charge on any atom is 0.243 e. The number of carbonyl (C=O) groups is 1. The lowest BCUT2D eigenvalue weighted by molar-refractivity contribution is -0.114. The highest BCUT2D eigenvalue weighted by atomic mass is 16.5. The highest BCUT2D eigenvalue weighted by Crippen LogP contribution is 2.18. The zero-order valence-electron chi connectivity index (χ0n) is 16.8. The Kier molecular flexibility index (Phi) is 8.69. The van der Waals surface area contributed by atoms with Crippen LogP contribution in [0.25, 0.3) is 0 Å². The maximum absolute atomic E-state index is 12.2. The zero-order chi connectivity index (χ0) is 19.5. The maximum atomic E-state index is 12.2. The first-order valence-electron chi connectivity index (χ1n) is 9.93. The van der Waals surface area contributed by atoms with Crippen LogP contribution in [0.4, 0.5) is 11.4 Å². The molecule has 0 saturated heterocycles. The normalized spacial score (nSPS) is 10.5. The van der Waals surface area contributed by atoms with Crippen molar-refractivity contribution in [1.29, 1.82) is 0 Å². The van der Waals surface area contributed by atoms with Crippen molar-refractivity contribution in [2.75, 3.05) is 23.8 Å². The molecule has 0 bridgehead atoms. The fourth-order valence-corrected chi connectivity index (χ4v) is 2.83. The van der Waals surface area contributed by atoms with Crippen LogP contribution in [0.1, 0.15) is 50.2 Å². The summed E-state index contributed by atoms with van der Waals surface area (Å²) in [5, 5.41) is 6.10. The Morgan fingerprint density at radius 1 is 0.963 bits per heavy atom. The average Bonchev–Trinajstić information content (AvgIpc) is 2.67. The third-order valence-corrected chi connectivity index (χ3v) is 4.70. The average molecular weight is 369 g/mol. The van der Waals surface area contributed by atoms with Gasteiger partial charge >= 0.3 is 0 Å². The van der Waals surface area contributed by atoms with Gasteiger partial charge in [-0.05, 0) is 61.7 Å². The third-order valence-electron chi connectivity index (χ3n) is 4.70. The largest absolute Gasteiger partial charge is 0.494 e. The first-order chi connectivity index (χ1) is 13.1. The molecule has 0 heterocycles. The van der Waals surface area contributed by atoms with E-state index in [9.17, 15) is 4.79 Å². The molecule has 0 aliphatic heterocycles. The summed E-state index contributed by atoms with van der Waals surface area (Å²) in [4.78, 5) is 12.2. The molecule has 0 radical (unpaired) electrons. The molecule has 2 aromatic carbocycles. The van der Waals surface area contributed by atoms with Crippen LogP contribution in [-0.4, -0.2) is 19.1 Å². The van der Waals surface area contributed by atoms with E-state index in [0.717, 1.165) is 35.7 Å². The summed E-state index contributed by atoms with van der Waals surface area (Å²) in [7, 11) is 0. The molecule has 2 aromatic rings. The molecular weight excluding hydrogens is 336 g/mol. The Bertz CT molecular complexity index is 711. The summed E-state index contributed by atoms with van der Waals surface area (Å²) in [6.07, 6.45) is 6.17. The van der Waals surface area contributed by atoms with Crippen molar-refractivity contribution in [3.8, 4) is 5.75 Å². The second-order valence-electron chi connectivity index (χ2n) is 6.94. The van der Waals surface area contributed by atoms with Crippen LogP contribution in [0.15, 0.2) is 42.5 Å². The molecule has 2 N–H and O–H groups in total. The number of amides is 1. The minimum atomic E-state index is -0.0592. The first kappa shape index (κ1) is 20.8. The molecule has 0 aromatic heterocycles. The second-order valence-corrected chi connectivity index (χ2v) is 6.94.